The van der Waals surface area contributed by atoms with Gasteiger partial charge in [0.2, 0.25) is 5.91 Å². The van der Waals surface area contributed by atoms with Crippen molar-refractivity contribution in [3.05, 3.63) is 33.9 Å². The van der Waals surface area contributed by atoms with Crippen molar-refractivity contribution in [1.29, 1.82) is 0 Å². The van der Waals surface area contributed by atoms with E-state index in [2.05, 4.69) is 5.32 Å². The first-order valence-corrected chi connectivity index (χ1v) is 6.10. The molecule has 0 heterocycles. The Morgan fingerprint density at radius 1 is 1.33 bits per heavy atom. The maximum atomic E-state index is 11.5. The summed E-state index contributed by atoms with van der Waals surface area (Å²) < 4.78 is 4.74. The molecule has 0 aliphatic rings. The molecule has 8 nitrogen and oxygen atoms in total. The lowest BCUT2D eigenvalue weighted by molar-refractivity contribution is -0.384. The van der Waals surface area contributed by atoms with Crippen molar-refractivity contribution in [2.45, 2.75) is 20.3 Å². The van der Waals surface area contributed by atoms with Gasteiger partial charge in [-0.15, -0.1) is 0 Å². The molecule has 1 N–H and O–H groups in total. The first-order chi connectivity index (χ1) is 9.85. The number of ether oxygens (including phenoxy) is 1. The molecule has 112 valence electrons. The molecular weight excluding hydrogens is 280 g/mol. The quantitative estimate of drug-likeness (QED) is 0.369. The predicted molar refractivity (Wildman–Crippen MR) is 73.0 cm³/mol. The summed E-state index contributed by atoms with van der Waals surface area (Å²) in [6.07, 6.45) is -0.378. The molecule has 1 rings (SSSR count). The second-order valence-electron chi connectivity index (χ2n) is 4.14. The lowest BCUT2D eigenvalue weighted by Crippen LogP contribution is -2.16. The highest BCUT2D eigenvalue weighted by Gasteiger charge is 2.20. The average Bonchev–Trinajstić information content (AvgIpc) is 2.38. The third-order valence-electron chi connectivity index (χ3n) is 2.39. The van der Waals surface area contributed by atoms with Crippen LogP contribution in [-0.4, -0.2) is 29.2 Å². The molecule has 1 aromatic rings. The van der Waals surface area contributed by atoms with Crippen LogP contribution >= 0.6 is 0 Å². The van der Waals surface area contributed by atoms with Gasteiger partial charge in [0.05, 0.1) is 23.5 Å². The van der Waals surface area contributed by atoms with E-state index in [4.69, 9.17) is 4.74 Å². The van der Waals surface area contributed by atoms with Gasteiger partial charge in [-0.1, -0.05) is 0 Å². The van der Waals surface area contributed by atoms with Crippen molar-refractivity contribution in [2.24, 2.45) is 0 Å². The van der Waals surface area contributed by atoms with Crippen LogP contribution in [0.2, 0.25) is 0 Å². The lowest BCUT2D eigenvalue weighted by Gasteiger charge is -2.07. The fourth-order valence-electron chi connectivity index (χ4n) is 1.55. The maximum absolute atomic E-state index is 11.5. The Kier molecular flexibility index (Phi) is 5.53. The molecule has 0 fully saturated rings. The smallest absolute Gasteiger partial charge is 0.338 e. The summed E-state index contributed by atoms with van der Waals surface area (Å²) in [6, 6.07) is 3.54. The number of anilines is 1. The summed E-state index contributed by atoms with van der Waals surface area (Å²) in [4.78, 5) is 44.1. The molecule has 0 spiro atoms. The van der Waals surface area contributed by atoms with Crippen LogP contribution in [0.3, 0.4) is 0 Å². The first-order valence-electron chi connectivity index (χ1n) is 6.10. The largest absolute Gasteiger partial charge is 0.462 e. The molecule has 0 aromatic heterocycles. The number of nitrogens with one attached hydrogen (secondary N) is 1. The Balaban J connectivity index is 3.05. The fourth-order valence-corrected chi connectivity index (χ4v) is 1.55. The van der Waals surface area contributed by atoms with Gasteiger partial charge in [-0.25, -0.2) is 4.79 Å². The maximum Gasteiger partial charge on any atom is 0.338 e. The molecule has 0 radical (unpaired) electrons. The minimum atomic E-state index is -0.730. The Bertz CT molecular complexity index is 596. The van der Waals surface area contributed by atoms with Crippen LogP contribution in [0.4, 0.5) is 11.4 Å². The molecule has 0 unspecified atom stereocenters. The highest BCUT2D eigenvalue weighted by molar-refractivity contribution is 6.04. The average molecular weight is 294 g/mol. The monoisotopic (exact) mass is 294 g/mol. The van der Waals surface area contributed by atoms with Gasteiger partial charge in [-0.3, -0.25) is 19.7 Å². The lowest BCUT2D eigenvalue weighted by atomic mass is 10.1. The van der Waals surface area contributed by atoms with Gasteiger partial charge in [0, 0.05) is 6.07 Å². The number of nitro groups is 1. The van der Waals surface area contributed by atoms with Crippen molar-refractivity contribution >= 4 is 29.0 Å². The molecule has 0 aliphatic carbocycles. The Morgan fingerprint density at radius 2 is 2.00 bits per heavy atom. The van der Waals surface area contributed by atoms with Crippen LogP contribution in [0.5, 0.6) is 0 Å². The van der Waals surface area contributed by atoms with Gasteiger partial charge in [-0.2, -0.15) is 0 Å². The summed E-state index contributed by atoms with van der Waals surface area (Å²) in [6.45, 7) is 2.99. The number of nitrogens with zero attached hydrogens (tertiary/aromatic N) is 1. The Labute approximate surface area is 120 Å². The van der Waals surface area contributed by atoms with Crippen molar-refractivity contribution in [3.8, 4) is 0 Å². The summed E-state index contributed by atoms with van der Waals surface area (Å²) >= 11 is 0. The third kappa shape index (κ3) is 4.68. The number of esters is 1. The molecule has 1 aromatic carbocycles. The summed E-state index contributed by atoms with van der Waals surface area (Å²) in [5.74, 6) is -1.71. The van der Waals surface area contributed by atoms with Gasteiger partial charge in [0.25, 0.3) is 5.69 Å². The van der Waals surface area contributed by atoms with Gasteiger partial charge >= 0.3 is 5.97 Å². The molecule has 0 aliphatic heterocycles. The van der Waals surface area contributed by atoms with Gasteiger partial charge in [0.1, 0.15) is 11.5 Å². The van der Waals surface area contributed by atoms with E-state index in [0.29, 0.717) is 0 Å². The molecule has 8 heteroatoms. The van der Waals surface area contributed by atoms with E-state index >= 15 is 0 Å². The zero-order valence-electron chi connectivity index (χ0n) is 11.5. The molecule has 0 bridgehead atoms. The first kappa shape index (κ1) is 16.3. The molecular formula is C13H14N2O6. The molecule has 1 amide bonds. The van der Waals surface area contributed by atoms with E-state index in [1.807, 2.05) is 0 Å². The zero-order chi connectivity index (χ0) is 16.0. The van der Waals surface area contributed by atoms with Crippen molar-refractivity contribution in [3.63, 3.8) is 0 Å². The van der Waals surface area contributed by atoms with Crippen LogP contribution in [-0.2, 0) is 14.3 Å². The number of hydrogen-bond acceptors (Lipinski definition) is 6. The van der Waals surface area contributed by atoms with E-state index < -0.39 is 22.5 Å². The van der Waals surface area contributed by atoms with Gasteiger partial charge in [-0.05, 0) is 26.0 Å². The number of amides is 1. The minimum absolute atomic E-state index is 0.00752. The van der Waals surface area contributed by atoms with Crippen LogP contribution < -0.4 is 5.32 Å². The standard InChI is InChI=1S/C13H14N2O6/c1-3-21-13(18)9-4-5-10(11(7-9)15(19)20)14-12(17)6-8(2)16/h4-5,7H,3,6H2,1-2H3,(H,14,17). The predicted octanol–water partition coefficient (Wildman–Crippen LogP) is 1.69. The number of carbonyl (C=O) groups is 3. The van der Waals surface area contributed by atoms with Crippen LogP contribution in [0.1, 0.15) is 30.6 Å². The minimum Gasteiger partial charge on any atom is -0.462 e. The highest BCUT2D eigenvalue weighted by atomic mass is 16.6. The summed E-state index contributed by atoms with van der Waals surface area (Å²) in [5, 5.41) is 13.3. The molecule has 0 saturated heterocycles. The number of carbonyl (C=O) groups excluding carboxylic acids is 3. The van der Waals surface area contributed by atoms with Crippen LogP contribution in [0, 0.1) is 10.1 Å². The van der Waals surface area contributed by atoms with Crippen molar-refractivity contribution < 1.29 is 24.0 Å². The number of hydrogen-bond donors (Lipinski definition) is 1. The Hall–Kier alpha value is -2.77. The molecule has 0 saturated carbocycles. The van der Waals surface area contributed by atoms with E-state index in [0.717, 1.165) is 6.07 Å². The van der Waals surface area contributed by atoms with Crippen LogP contribution in [0.25, 0.3) is 0 Å². The molecule has 21 heavy (non-hydrogen) atoms. The van der Waals surface area contributed by atoms with E-state index in [9.17, 15) is 24.5 Å². The topological polar surface area (TPSA) is 116 Å². The number of Topliss-reactive ketones (excluding diaryl/α,β-unsaturated/α-hetero) is 1. The van der Waals surface area contributed by atoms with Gasteiger partial charge in [0.15, 0.2) is 0 Å². The highest BCUT2D eigenvalue weighted by Crippen LogP contribution is 2.26. The zero-order valence-corrected chi connectivity index (χ0v) is 11.5. The fraction of sp³-hybridized carbons (Fsp3) is 0.308. The Morgan fingerprint density at radius 3 is 2.52 bits per heavy atom. The SMILES string of the molecule is CCOC(=O)c1ccc(NC(=O)CC(C)=O)c([N+](=O)[O-])c1. The normalized spacial score (nSPS) is 9.81. The number of benzene rings is 1. The van der Waals surface area contributed by atoms with Crippen molar-refractivity contribution in [1.82, 2.24) is 0 Å². The van der Waals surface area contributed by atoms with Crippen molar-refractivity contribution in [2.75, 3.05) is 11.9 Å². The second-order valence-corrected chi connectivity index (χ2v) is 4.14. The van der Waals surface area contributed by atoms with E-state index in [-0.39, 0.29) is 30.1 Å². The number of nitro benzene ring substituents is 1. The number of rotatable bonds is 6. The third-order valence-corrected chi connectivity index (χ3v) is 2.39. The van der Waals surface area contributed by atoms with E-state index in [1.165, 1.54) is 19.1 Å². The van der Waals surface area contributed by atoms with Crippen LogP contribution in [0.15, 0.2) is 18.2 Å². The summed E-state index contributed by atoms with van der Waals surface area (Å²) in [5.41, 5.74) is -0.523. The van der Waals surface area contributed by atoms with E-state index in [1.54, 1.807) is 6.92 Å². The summed E-state index contributed by atoms with van der Waals surface area (Å²) in [7, 11) is 0. The number of ketones is 1. The van der Waals surface area contributed by atoms with Gasteiger partial charge < -0.3 is 10.1 Å². The molecule has 0 atom stereocenters. The second kappa shape index (κ2) is 7.13.